The van der Waals surface area contributed by atoms with Gasteiger partial charge in [0, 0.05) is 19.1 Å². The van der Waals surface area contributed by atoms with Gasteiger partial charge in [0.15, 0.2) is 0 Å². The Labute approximate surface area is 113 Å². The molecular weight excluding hydrogens is 248 g/mol. The summed E-state index contributed by atoms with van der Waals surface area (Å²) in [7, 11) is 0. The Morgan fingerprint density at radius 3 is 2.53 bits per heavy atom. The molecule has 0 radical (unpaired) electrons. The van der Waals surface area contributed by atoms with Gasteiger partial charge in [0.25, 0.3) is 0 Å². The zero-order valence-corrected chi connectivity index (χ0v) is 11.6. The Balaban J connectivity index is 1.80. The fraction of sp³-hybridized carbons (Fsp3) is 0.846. The van der Waals surface area contributed by atoms with Crippen LogP contribution in [0.3, 0.4) is 0 Å². The average Bonchev–Trinajstić information content (AvgIpc) is 3.15. The fourth-order valence-electron chi connectivity index (χ4n) is 2.05. The van der Waals surface area contributed by atoms with Crippen LogP contribution in [0, 0.1) is 0 Å². The monoisotopic (exact) mass is 270 g/mol. The highest BCUT2D eigenvalue weighted by Crippen LogP contribution is 2.27. The molecule has 2 aliphatic rings. The van der Waals surface area contributed by atoms with Gasteiger partial charge < -0.3 is 19.7 Å². The third-order valence-electron chi connectivity index (χ3n) is 3.45. The highest BCUT2D eigenvalue weighted by atomic mass is 16.5. The minimum absolute atomic E-state index is 0.0358. The first-order chi connectivity index (χ1) is 9.04. The molecule has 1 N–H and O–H groups in total. The number of ether oxygens (including phenoxy) is 2. The van der Waals surface area contributed by atoms with Crippen LogP contribution in [0.15, 0.2) is 0 Å². The van der Waals surface area contributed by atoms with Crippen LogP contribution in [0.4, 0.5) is 0 Å². The molecule has 2 rings (SSSR count). The predicted octanol–water partition coefficient (Wildman–Crippen LogP) is -0.0810. The molecule has 108 valence electrons. The SMILES string of the molecule is CCOC(=O)CN(C(=O)COC1(C)CNC1)C1CC1. The lowest BCUT2D eigenvalue weighted by atomic mass is 10.0. The topological polar surface area (TPSA) is 67.9 Å². The molecule has 2 fully saturated rings. The van der Waals surface area contributed by atoms with Crippen LogP contribution in [0.5, 0.6) is 0 Å². The second kappa shape index (κ2) is 5.88. The summed E-state index contributed by atoms with van der Waals surface area (Å²) >= 11 is 0. The fourth-order valence-corrected chi connectivity index (χ4v) is 2.05. The minimum Gasteiger partial charge on any atom is -0.465 e. The van der Waals surface area contributed by atoms with Gasteiger partial charge in [0.1, 0.15) is 13.2 Å². The number of amides is 1. The summed E-state index contributed by atoms with van der Waals surface area (Å²) in [6.07, 6.45) is 1.92. The number of nitrogens with zero attached hydrogens (tertiary/aromatic N) is 1. The van der Waals surface area contributed by atoms with E-state index < -0.39 is 0 Å². The lowest BCUT2D eigenvalue weighted by Crippen LogP contribution is -2.59. The maximum Gasteiger partial charge on any atom is 0.325 e. The summed E-state index contributed by atoms with van der Waals surface area (Å²) in [5.74, 6) is -0.469. The molecule has 0 aromatic rings. The second-order valence-electron chi connectivity index (χ2n) is 5.40. The Morgan fingerprint density at radius 1 is 1.37 bits per heavy atom. The Kier molecular flexibility index (Phi) is 4.42. The van der Waals surface area contributed by atoms with Crippen LogP contribution in [-0.2, 0) is 19.1 Å². The van der Waals surface area contributed by atoms with Crippen molar-refractivity contribution in [3.05, 3.63) is 0 Å². The second-order valence-corrected chi connectivity index (χ2v) is 5.40. The van der Waals surface area contributed by atoms with Gasteiger partial charge in [-0.2, -0.15) is 0 Å². The van der Waals surface area contributed by atoms with Crippen LogP contribution in [0.2, 0.25) is 0 Å². The third-order valence-corrected chi connectivity index (χ3v) is 3.45. The molecule has 19 heavy (non-hydrogen) atoms. The predicted molar refractivity (Wildman–Crippen MR) is 68.6 cm³/mol. The van der Waals surface area contributed by atoms with E-state index >= 15 is 0 Å². The summed E-state index contributed by atoms with van der Waals surface area (Å²) in [5.41, 5.74) is -0.241. The van der Waals surface area contributed by atoms with Crippen molar-refractivity contribution < 1.29 is 19.1 Å². The number of hydrogen-bond acceptors (Lipinski definition) is 5. The lowest BCUT2D eigenvalue weighted by molar-refractivity contribution is -0.154. The van der Waals surface area contributed by atoms with Crippen molar-refractivity contribution in [2.45, 2.75) is 38.3 Å². The van der Waals surface area contributed by atoms with Crippen molar-refractivity contribution in [2.24, 2.45) is 0 Å². The smallest absolute Gasteiger partial charge is 0.325 e. The molecule has 1 aliphatic heterocycles. The van der Waals surface area contributed by atoms with Crippen molar-refractivity contribution in [1.82, 2.24) is 10.2 Å². The summed E-state index contributed by atoms with van der Waals surface area (Å²) in [6.45, 7) is 5.68. The first-order valence-corrected chi connectivity index (χ1v) is 6.84. The van der Waals surface area contributed by atoms with E-state index in [0.29, 0.717) is 6.61 Å². The molecular formula is C13H22N2O4. The standard InChI is InChI=1S/C13H22N2O4/c1-3-18-12(17)6-15(10-4-5-10)11(16)7-19-13(2)8-14-9-13/h10,14H,3-9H2,1-2H3. The van der Waals surface area contributed by atoms with Crippen LogP contribution < -0.4 is 5.32 Å². The first kappa shape index (κ1) is 14.3. The van der Waals surface area contributed by atoms with Gasteiger partial charge in [0.2, 0.25) is 5.91 Å². The van der Waals surface area contributed by atoms with E-state index in [1.807, 2.05) is 6.92 Å². The van der Waals surface area contributed by atoms with Crippen LogP contribution >= 0.6 is 0 Å². The maximum absolute atomic E-state index is 12.1. The van der Waals surface area contributed by atoms with Gasteiger partial charge in [-0.25, -0.2) is 0 Å². The van der Waals surface area contributed by atoms with E-state index in [9.17, 15) is 9.59 Å². The van der Waals surface area contributed by atoms with Crippen molar-refractivity contribution in [3.63, 3.8) is 0 Å². The molecule has 0 unspecified atom stereocenters. The highest BCUT2D eigenvalue weighted by Gasteiger charge is 2.37. The van der Waals surface area contributed by atoms with Crippen molar-refractivity contribution in [3.8, 4) is 0 Å². The number of rotatable bonds is 7. The van der Waals surface area contributed by atoms with Crippen LogP contribution in [0.1, 0.15) is 26.7 Å². The van der Waals surface area contributed by atoms with Gasteiger partial charge in [-0.3, -0.25) is 9.59 Å². The molecule has 0 aromatic carbocycles. The molecule has 0 bridgehead atoms. The Bertz CT molecular complexity index is 351. The van der Waals surface area contributed by atoms with E-state index in [4.69, 9.17) is 9.47 Å². The van der Waals surface area contributed by atoms with Gasteiger partial charge >= 0.3 is 5.97 Å². The summed E-state index contributed by atoms with van der Waals surface area (Å²) in [5, 5.41) is 3.11. The number of hydrogen-bond donors (Lipinski definition) is 1. The van der Waals surface area contributed by atoms with Gasteiger partial charge in [-0.15, -0.1) is 0 Å². The van der Waals surface area contributed by atoms with E-state index in [-0.39, 0.29) is 36.7 Å². The number of carbonyl (C=O) groups excluding carboxylic acids is 2. The molecule has 0 spiro atoms. The highest BCUT2D eigenvalue weighted by molar-refractivity contribution is 5.83. The number of esters is 1. The van der Waals surface area contributed by atoms with Crippen molar-refractivity contribution in [2.75, 3.05) is 32.8 Å². The molecule has 1 aliphatic carbocycles. The van der Waals surface area contributed by atoms with Gasteiger partial charge in [-0.05, 0) is 26.7 Å². The molecule has 1 heterocycles. The van der Waals surface area contributed by atoms with Crippen LogP contribution in [0.25, 0.3) is 0 Å². The largest absolute Gasteiger partial charge is 0.465 e. The molecule has 1 saturated heterocycles. The number of nitrogens with one attached hydrogen (secondary N) is 1. The normalized spacial score (nSPS) is 20.5. The lowest BCUT2D eigenvalue weighted by Gasteiger charge is -2.39. The summed E-state index contributed by atoms with van der Waals surface area (Å²) in [6, 6.07) is 0.188. The van der Waals surface area contributed by atoms with E-state index in [1.54, 1.807) is 11.8 Å². The Hall–Kier alpha value is -1.14. The summed E-state index contributed by atoms with van der Waals surface area (Å²) in [4.78, 5) is 25.2. The van der Waals surface area contributed by atoms with E-state index in [2.05, 4.69) is 5.32 Å². The van der Waals surface area contributed by atoms with E-state index in [1.165, 1.54) is 0 Å². The van der Waals surface area contributed by atoms with Gasteiger partial charge in [-0.1, -0.05) is 0 Å². The Morgan fingerprint density at radius 2 is 2.05 bits per heavy atom. The zero-order chi connectivity index (χ0) is 13.9. The quantitative estimate of drug-likeness (QED) is 0.655. The minimum atomic E-state index is -0.348. The zero-order valence-electron chi connectivity index (χ0n) is 11.6. The summed E-state index contributed by atoms with van der Waals surface area (Å²) < 4.78 is 10.5. The first-order valence-electron chi connectivity index (χ1n) is 6.84. The molecule has 0 aromatic heterocycles. The number of carbonyl (C=O) groups is 2. The molecule has 1 saturated carbocycles. The molecule has 6 nitrogen and oxygen atoms in total. The van der Waals surface area contributed by atoms with Gasteiger partial charge in [0.05, 0.1) is 12.2 Å². The van der Waals surface area contributed by atoms with Crippen molar-refractivity contribution in [1.29, 1.82) is 0 Å². The maximum atomic E-state index is 12.1. The third kappa shape index (κ3) is 3.91. The molecule has 0 atom stereocenters. The molecule has 6 heteroatoms. The average molecular weight is 270 g/mol. The van der Waals surface area contributed by atoms with Crippen molar-refractivity contribution >= 4 is 11.9 Å². The molecule has 1 amide bonds. The van der Waals surface area contributed by atoms with Crippen LogP contribution in [-0.4, -0.2) is 61.3 Å². The van der Waals surface area contributed by atoms with E-state index in [0.717, 1.165) is 25.9 Å².